The molecule has 1 heterocycles. The highest BCUT2D eigenvalue weighted by atomic mass is 79.9. The number of hydrogen-bond donors (Lipinski definition) is 1. The first-order valence-electron chi connectivity index (χ1n) is 6.40. The molecule has 25 heavy (non-hydrogen) atoms. The fourth-order valence-electron chi connectivity index (χ4n) is 2.14. The Balaban J connectivity index is 2.67. The van der Waals surface area contributed by atoms with E-state index in [2.05, 4.69) is 31.9 Å². The summed E-state index contributed by atoms with van der Waals surface area (Å²) in [6.07, 6.45) is -4.68. The average molecular weight is 509 g/mol. The molecule has 4 nitrogen and oxygen atoms in total. The number of carbonyl (C=O) groups is 1. The maximum absolute atomic E-state index is 14.3. The minimum Gasteiger partial charge on any atom is -0.480 e. The van der Waals surface area contributed by atoms with Crippen LogP contribution in [-0.4, -0.2) is 22.2 Å². The normalized spacial score (nSPS) is 11.7. The van der Waals surface area contributed by atoms with Gasteiger partial charge in [-0.25, -0.2) is 9.18 Å². The lowest BCUT2D eigenvalue weighted by atomic mass is 10.1. The van der Waals surface area contributed by atoms with E-state index in [0.717, 1.165) is 23.7 Å². The van der Waals surface area contributed by atoms with Crippen LogP contribution in [0.15, 0.2) is 21.2 Å². The number of carboxylic acids is 1. The van der Waals surface area contributed by atoms with Crippen LogP contribution in [0.25, 0.3) is 11.1 Å². The summed E-state index contributed by atoms with van der Waals surface area (Å²) >= 11 is 11.7. The molecular weight excluding hydrogens is 501 g/mol. The minimum atomic E-state index is -4.68. The average Bonchev–Trinajstić information content (AvgIpc) is 2.68. The second-order valence-corrected chi connectivity index (χ2v) is 6.78. The van der Waals surface area contributed by atoms with Crippen molar-refractivity contribution in [3.05, 3.63) is 37.7 Å². The predicted molar refractivity (Wildman–Crippen MR) is 89.3 cm³/mol. The number of aliphatic carboxylic acids is 1. The summed E-state index contributed by atoms with van der Waals surface area (Å²) < 4.78 is 59.3. The summed E-state index contributed by atoms with van der Waals surface area (Å²) in [6.45, 7) is -0.740. The highest BCUT2D eigenvalue weighted by Crippen LogP contribution is 2.47. The minimum absolute atomic E-state index is 0.0305. The molecule has 0 aliphatic rings. The molecule has 0 radical (unpaired) electrons. The molecule has 0 amide bonds. The summed E-state index contributed by atoms with van der Waals surface area (Å²) in [5, 5.41) is 8.43. The molecule has 0 aliphatic heterocycles. The number of nitrogens with zero attached hydrogens (tertiary/aromatic N) is 1. The smallest absolute Gasteiger partial charge is 0.432 e. The van der Waals surface area contributed by atoms with Gasteiger partial charge in [-0.15, -0.1) is 0 Å². The van der Waals surface area contributed by atoms with Gasteiger partial charge < -0.3 is 14.4 Å². The lowest BCUT2D eigenvalue weighted by molar-refractivity contribution is -0.143. The quantitative estimate of drug-likeness (QED) is 0.555. The molecule has 0 atom stereocenters. The monoisotopic (exact) mass is 507 g/mol. The molecule has 2 aromatic rings. The Morgan fingerprint density at radius 1 is 1.36 bits per heavy atom. The zero-order valence-corrected chi connectivity index (χ0v) is 16.1. The second-order valence-electron chi connectivity index (χ2n) is 4.83. The molecular formula is C14H8Br2ClF4NO3. The van der Waals surface area contributed by atoms with E-state index < -0.39 is 30.3 Å². The van der Waals surface area contributed by atoms with Crippen LogP contribution in [0.4, 0.5) is 17.6 Å². The third-order valence-electron chi connectivity index (χ3n) is 3.17. The Bertz CT molecular complexity index is 852. The number of ether oxygens (including phenoxy) is 1. The van der Waals surface area contributed by atoms with Crippen molar-refractivity contribution in [2.45, 2.75) is 6.18 Å². The fraction of sp³-hybridized carbons (Fsp3) is 0.214. The molecule has 136 valence electrons. The molecule has 0 fully saturated rings. The Labute approximate surface area is 160 Å². The van der Waals surface area contributed by atoms with Gasteiger partial charge in [-0.2, -0.15) is 13.2 Å². The molecule has 0 saturated carbocycles. The number of hydrogen-bond acceptors (Lipinski definition) is 2. The van der Waals surface area contributed by atoms with Gasteiger partial charge in [0.05, 0.1) is 14.1 Å². The van der Waals surface area contributed by atoms with E-state index in [0.29, 0.717) is 0 Å². The largest absolute Gasteiger partial charge is 0.480 e. The van der Waals surface area contributed by atoms with E-state index in [1.807, 2.05) is 0 Å². The van der Waals surface area contributed by atoms with Crippen LogP contribution in [0, 0.1) is 5.82 Å². The zero-order valence-electron chi connectivity index (χ0n) is 12.2. The molecule has 1 aromatic heterocycles. The Kier molecular flexibility index (Phi) is 5.75. The van der Waals surface area contributed by atoms with Gasteiger partial charge in [0, 0.05) is 18.2 Å². The molecule has 1 aromatic carbocycles. The van der Waals surface area contributed by atoms with Gasteiger partial charge in [0.25, 0.3) is 0 Å². The molecule has 11 heteroatoms. The van der Waals surface area contributed by atoms with E-state index >= 15 is 0 Å². The maximum atomic E-state index is 14.3. The number of benzene rings is 1. The third kappa shape index (κ3) is 3.95. The van der Waals surface area contributed by atoms with Crippen molar-refractivity contribution in [3.8, 4) is 16.9 Å². The van der Waals surface area contributed by atoms with Gasteiger partial charge in [0.1, 0.15) is 17.3 Å². The van der Waals surface area contributed by atoms with Crippen LogP contribution >= 0.6 is 43.5 Å². The van der Waals surface area contributed by atoms with Crippen LogP contribution in [-0.2, 0) is 18.0 Å². The maximum Gasteiger partial charge on any atom is 0.432 e. The lowest BCUT2D eigenvalue weighted by Crippen LogP contribution is -2.11. The van der Waals surface area contributed by atoms with Gasteiger partial charge in [0.15, 0.2) is 6.61 Å². The van der Waals surface area contributed by atoms with Gasteiger partial charge in [0.2, 0.25) is 0 Å². The first-order valence-corrected chi connectivity index (χ1v) is 8.36. The molecule has 0 unspecified atom stereocenters. The zero-order chi connectivity index (χ0) is 19.1. The Morgan fingerprint density at radius 3 is 2.44 bits per heavy atom. The molecule has 0 bridgehead atoms. The standard InChI is InChI=1S/C14H8Br2ClF4NO3/c1-22-12(14(19,20)21)11(15)10(13(22)16)5-2-8(25-4-9(23)24)6(17)3-7(5)18/h2-3H,4H2,1H3,(H,23,24). The first-order chi connectivity index (χ1) is 11.4. The predicted octanol–water partition coefficient (Wildman–Crippen LogP) is 5.49. The molecule has 0 saturated heterocycles. The summed E-state index contributed by atoms with van der Waals surface area (Å²) in [6, 6.07) is 1.89. The van der Waals surface area contributed by atoms with Crippen LogP contribution in [0.5, 0.6) is 5.75 Å². The number of halogens is 7. The number of aromatic nitrogens is 1. The number of alkyl halides is 3. The van der Waals surface area contributed by atoms with Crippen molar-refractivity contribution in [1.82, 2.24) is 4.57 Å². The Morgan fingerprint density at radius 2 is 1.96 bits per heavy atom. The van der Waals surface area contributed by atoms with Crippen LogP contribution in [0.2, 0.25) is 5.02 Å². The highest BCUT2D eigenvalue weighted by molar-refractivity contribution is 9.11. The van der Waals surface area contributed by atoms with Gasteiger partial charge in [-0.05, 0) is 44.0 Å². The van der Waals surface area contributed by atoms with Crippen molar-refractivity contribution < 1.29 is 32.2 Å². The van der Waals surface area contributed by atoms with Gasteiger partial charge in [-0.3, -0.25) is 0 Å². The van der Waals surface area contributed by atoms with Crippen molar-refractivity contribution in [1.29, 1.82) is 0 Å². The van der Waals surface area contributed by atoms with E-state index in [1.54, 1.807) is 0 Å². The van der Waals surface area contributed by atoms with Crippen LogP contribution in [0.1, 0.15) is 5.69 Å². The SMILES string of the molecule is Cn1c(Br)c(-c2cc(OCC(=O)O)c(Cl)cc2F)c(Br)c1C(F)(F)F. The molecule has 2 rings (SSSR count). The molecule has 0 aliphatic carbocycles. The van der Waals surface area contributed by atoms with Crippen LogP contribution in [0.3, 0.4) is 0 Å². The lowest BCUT2D eigenvalue weighted by Gasteiger charge is -2.10. The summed E-state index contributed by atoms with van der Waals surface area (Å²) in [7, 11) is 1.16. The second kappa shape index (κ2) is 7.16. The summed E-state index contributed by atoms with van der Waals surface area (Å²) in [5.74, 6) is -2.35. The van der Waals surface area contributed by atoms with E-state index in [1.165, 1.54) is 0 Å². The third-order valence-corrected chi connectivity index (χ3v) is 5.17. The van der Waals surface area contributed by atoms with Gasteiger partial charge >= 0.3 is 12.1 Å². The van der Waals surface area contributed by atoms with E-state index in [9.17, 15) is 22.4 Å². The van der Waals surface area contributed by atoms with Crippen LogP contribution < -0.4 is 4.74 Å². The van der Waals surface area contributed by atoms with Crippen molar-refractivity contribution in [2.75, 3.05) is 6.61 Å². The van der Waals surface area contributed by atoms with Crippen molar-refractivity contribution in [2.24, 2.45) is 7.05 Å². The number of rotatable bonds is 4. The first kappa shape index (κ1) is 20.1. The van der Waals surface area contributed by atoms with Crippen molar-refractivity contribution in [3.63, 3.8) is 0 Å². The highest BCUT2D eigenvalue weighted by Gasteiger charge is 2.39. The topological polar surface area (TPSA) is 51.5 Å². The van der Waals surface area contributed by atoms with E-state index in [-0.39, 0.29) is 31.0 Å². The summed E-state index contributed by atoms with van der Waals surface area (Å²) in [4.78, 5) is 10.6. The fourth-order valence-corrected chi connectivity index (χ4v) is 4.09. The number of carboxylic acid groups (broad SMARTS) is 1. The summed E-state index contributed by atoms with van der Waals surface area (Å²) in [5.41, 5.74) is -1.37. The van der Waals surface area contributed by atoms with Gasteiger partial charge in [-0.1, -0.05) is 11.6 Å². The van der Waals surface area contributed by atoms with Crippen molar-refractivity contribution >= 4 is 49.4 Å². The molecule has 0 spiro atoms. The van der Waals surface area contributed by atoms with E-state index in [4.69, 9.17) is 21.4 Å². The Hall–Kier alpha value is -1.26. The molecule has 1 N–H and O–H groups in total.